The van der Waals surface area contributed by atoms with E-state index in [9.17, 15) is 13.0 Å². The number of rotatable bonds is 6. The van der Waals surface area contributed by atoms with Gasteiger partial charge in [-0.2, -0.15) is 18.6 Å². The lowest BCUT2D eigenvalue weighted by atomic mass is 10.1. The van der Waals surface area contributed by atoms with Crippen LogP contribution in [0, 0.1) is 0 Å². The van der Waals surface area contributed by atoms with E-state index in [1.165, 1.54) is 6.07 Å². The Morgan fingerprint density at radius 1 is 0.524 bits per heavy atom. The van der Waals surface area contributed by atoms with Crippen LogP contribution in [0.1, 0.15) is 0 Å². The third-order valence-electron chi connectivity index (χ3n) is 6.87. The van der Waals surface area contributed by atoms with Gasteiger partial charge >= 0.3 is 0 Å². The van der Waals surface area contributed by atoms with Crippen LogP contribution in [0.3, 0.4) is 0 Å². The van der Waals surface area contributed by atoms with Crippen molar-refractivity contribution in [3.63, 3.8) is 0 Å². The largest absolute Gasteiger partial charge is 0.396 e. The fourth-order valence-electron chi connectivity index (χ4n) is 4.68. The van der Waals surface area contributed by atoms with Gasteiger partial charge in [0.1, 0.15) is 16.3 Å². The summed E-state index contributed by atoms with van der Waals surface area (Å²) in [4.78, 5) is -0.277. The fraction of sp³-hybridized carbons (Fsp3) is 0. The summed E-state index contributed by atoms with van der Waals surface area (Å²) >= 11 is 0. The minimum absolute atomic E-state index is 0.139. The molecule has 0 bridgehead atoms. The molecular weight excluding hydrogens is 548 g/mol. The molecular formula is C32H24N6O3S. The first kappa shape index (κ1) is 26.8. The number of benzene rings is 6. The highest BCUT2D eigenvalue weighted by Gasteiger charge is 2.18. The Kier molecular flexibility index (Phi) is 6.91. The maximum Gasteiger partial charge on any atom is 0.295 e. The lowest BCUT2D eigenvalue weighted by Crippen LogP contribution is -2.01. The second-order valence-corrected chi connectivity index (χ2v) is 10.9. The Hall–Kier alpha value is -5.45. The van der Waals surface area contributed by atoms with Crippen LogP contribution in [-0.2, 0) is 10.1 Å². The van der Waals surface area contributed by atoms with Crippen LogP contribution in [0.15, 0.2) is 141 Å². The van der Waals surface area contributed by atoms with E-state index in [4.69, 9.17) is 11.5 Å². The Bertz CT molecular complexity index is 2130. The summed E-state index contributed by atoms with van der Waals surface area (Å²) in [5.74, 6) is 0. The topological polar surface area (TPSA) is 156 Å². The average Bonchev–Trinajstić information content (AvgIpc) is 3.01. The van der Waals surface area contributed by atoms with Crippen molar-refractivity contribution in [1.82, 2.24) is 0 Å². The molecule has 0 saturated heterocycles. The number of hydrogen-bond donors (Lipinski definition) is 3. The first-order valence-corrected chi connectivity index (χ1v) is 14.3. The van der Waals surface area contributed by atoms with Gasteiger partial charge in [-0.25, -0.2) is 0 Å². The number of hydrogen-bond acceptors (Lipinski definition) is 8. The Labute approximate surface area is 241 Å². The number of anilines is 2. The number of nitrogens with two attached hydrogens (primary N) is 2. The molecule has 0 radical (unpaired) electrons. The Balaban J connectivity index is 1.20. The molecule has 10 heteroatoms. The van der Waals surface area contributed by atoms with Crippen molar-refractivity contribution in [2.45, 2.75) is 4.90 Å². The summed E-state index contributed by atoms with van der Waals surface area (Å²) in [5, 5.41) is 19.9. The summed E-state index contributed by atoms with van der Waals surface area (Å²) in [6.07, 6.45) is 0. The van der Waals surface area contributed by atoms with Gasteiger partial charge in [-0.15, -0.1) is 10.2 Å². The zero-order valence-corrected chi connectivity index (χ0v) is 22.9. The van der Waals surface area contributed by atoms with E-state index in [1.54, 1.807) is 36.4 Å². The van der Waals surface area contributed by atoms with E-state index >= 15 is 0 Å². The zero-order chi connectivity index (χ0) is 29.3. The van der Waals surface area contributed by atoms with E-state index < -0.39 is 10.1 Å². The molecule has 0 aromatic heterocycles. The SMILES string of the molecule is Nc1c(/N=N/c2ccc(-c3ccc(/N=N/c4cc(S(=O)(=O)O)c5ccccc5c4N)cc3)cc2)ccc2ccccc12. The molecule has 0 atom stereocenters. The van der Waals surface area contributed by atoms with Gasteiger partial charge in [-0.05, 0) is 52.9 Å². The molecule has 6 rings (SSSR count). The van der Waals surface area contributed by atoms with Crippen LogP contribution < -0.4 is 11.5 Å². The lowest BCUT2D eigenvalue weighted by molar-refractivity contribution is 0.484. The van der Waals surface area contributed by atoms with Gasteiger partial charge in [0.25, 0.3) is 10.1 Å². The molecule has 0 spiro atoms. The monoisotopic (exact) mass is 572 g/mol. The predicted molar refractivity (Wildman–Crippen MR) is 167 cm³/mol. The highest BCUT2D eigenvalue weighted by Crippen LogP contribution is 2.37. The van der Waals surface area contributed by atoms with E-state index in [1.807, 2.05) is 72.8 Å². The van der Waals surface area contributed by atoms with Crippen LogP contribution in [0.25, 0.3) is 32.7 Å². The van der Waals surface area contributed by atoms with Crippen LogP contribution >= 0.6 is 0 Å². The van der Waals surface area contributed by atoms with Gasteiger partial charge in [0.05, 0.1) is 22.7 Å². The Morgan fingerprint density at radius 3 is 1.62 bits per heavy atom. The minimum atomic E-state index is -4.49. The van der Waals surface area contributed by atoms with Gasteiger partial charge < -0.3 is 11.5 Å². The second-order valence-electron chi connectivity index (χ2n) is 9.54. The van der Waals surface area contributed by atoms with E-state index in [0.29, 0.717) is 33.5 Å². The second kappa shape index (κ2) is 10.8. The molecule has 0 aliphatic rings. The van der Waals surface area contributed by atoms with Crippen molar-refractivity contribution in [2.24, 2.45) is 20.5 Å². The lowest BCUT2D eigenvalue weighted by Gasteiger charge is -2.09. The van der Waals surface area contributed by atoms with Crippen molar-refractivity contribution in [3.05, 3.63) is 115 Å². The third-order valence-corrected chi connectivity index (χ3v) is 7.76. The summed E-state index contributed by atoms with van der Waals surface area (Å²) in [6, 6.07) is 34.6. The molecule has 0 fully saturated rings. The van der Waals surface area contributed by atoms with Crippen molar-refractivity contribution in [3.8, 4) is 11.1 Å². The molecule has 0 heterocycles. The summed E-state index contributed by atoms with van der Waals surface area (Å²) in [5.41, 5.74) is 17.3. The van der Waals surface area contributed by atoms with Crippen molar-refractivity contribution < 1.29 is 13.0 Å². The Morgan fingerprint density at radius 2 is 1.02 bits per heavy atom. The van der Waals surface area contributed by atoms with Crippen molar-refractivity contribution in [2.75, 3.05) is 11.5 Å². The minimum Gasteiger partial charge on any atom is -0.396 e. The average molecular weight is 573 g/mol. The van der Waals surface area contributed by atoms with Gasteiger partial charge in [-0.1, -0.05) is 78.9 Å². The van der Waals surface area contributed by atoms with Gasteiger partial charge in [0.2, 0.25) is 0 Å². The van der Waals surface area contributed by atoms with Gasteiger partial charge in [0, 0.05) is 16.2 Å². The summed E-state index contributed by atoms with van der Waals surface area (Å²) in [7, 11) is -4.49. The molecule has 0 saturated carbocycles. The molecule has 9 nitrogen and oxygen atoms in total. The molecule has 0 aliphatic heterocycles. The first-order chi connectivity index (χ1) is 20.3. The van der Waals surface area contributed by atoms with E-state index in [-0.39, 0.29) is 16.3 Å². The van der Waals surface area contributed by atoms with Crippen LogP contribution in [0.4, 0.5) is 34.1 Å². The number of nitrogens with zero attached hydrogens (tertiary/aromatic N) is 4. The molecule has 0 unspecified atom stereocenters. The molecule has 6 aromatic rings. The predicted octanol–water partition coefficient (Wildman–Crippen LogP) is 8.90. The highest BCUT2D eigenvalue weighted by molar-refractivity contribution is 7.86. The van der Waals surface area contributed by atoms with Crippen LogP contribution in [0.2, 0.25) is 0 Å². The maximum atomic E-state index is 12.0. The third kappa shape index (κ3) is 5.31. The van der Waals surface area contributed by atoms with E-state index in [2.05, 4.69) is 20.5 Å². The molecule has 0 aliphatic carbocycles. The van der Waals surface area contributed by atoms with Gasteiger partial charge in [0.15, 0.2) is 0 Å². The van der Waals surface area contributed by atoms with Gasteiger partial charge in [-0.3, -0.25) is 4.55 Å². The van der Waals surface area contributed by atoms with Crippen LogP contribution in [-0.4, -0.2) is 13.0 Å². The fourth-order valence-corrected chi connectivity index (χ4v) is 5.40. The molecule has 5 N–H and O–H groups in total. The van der Waals surface area contributed by atoms with Crippen molar-refractivity contribution >= 4 is 65.8 Å². The summed E-state index contributed by atoms with van der Waals surface area (Å²) in [6.45, 7) is 0. The molecule has 206 valence electrons. The number of fused-ring (bicyclic) bond motifs is 2. The quantitative estimate of drug-likeness (QED) is 0.103. The number of nitrogen functional groups attached to an aromatic ring is 2. The van der Waals surface area contributed by atoms with E-state index in [0.717, 1.165) is 21.9 Å². The highest BCUT2D eigenvalue weighted by atomic mass is 32.2. The molecule has 6 aromatic carbocycles. The smallest absolute Gasteiger partial charge is 0.295 e. The zero-order valence-electron chi connectivity index (χ0n) is 22.1. The van der Waals surface area contributed by atoms with Crippen molar-refractivity contribution in [1.29, 1.82) is 0 Å². The number of azo groups is 2. The summed E-state index contributed by atoms with van der Waals surface area (Å²) < 4.78 is 33.6. The maximum absolute atomic E-state index is 12.0. The molecule has 0 amide bonds. The van der Waals surface area contributed by atoms with Crippen LogP contribution in [0.5, 0.6) is 0 Å². The first-order valence-electron chi connectivity index (χ1n) is 12.9. The molecule has 42 heavy (non-hydrogen) atoms. The standard InChI is InChI=1S/C32H24N6O3S/c33-31-25-6-2-1-5-22(25)13-18-28(31)37-35-23-14-9-20(10-15-23)21-11-16-24(17-12-21)36-38-29-19-30(42(39,40)41)26-7-3-4-8-27(26)32(29)34/h1-19H,33-34H2,(H,39,40,41)/b37-35+,38-36+. The normalized spacial score (nSPS) is 12.1.